The standard InChI is InChI=1S/C28H31N5O3/c1-5-28(2,3)29-27(35)26(20-13-7-6-8-14-20)33(23-17-11-12-18-24(23)36-4)25(34)19-32-22-16-10-9-15-21(22)30-31-32/h6-18,26H,5,19H2,1-4H3,(H,29,35)/t26-/m1/s1. The monoisotopic (exact) mass is 485 g/mol. The van der Waals surface area contributed by atoms with Crippen LogP contribution < -0.4 is 15.0 Å². The van der Waals surface area contributed by atoms with E-state index in [0.29, 0.717) is 22.5 Å². The fraction of sp³-hybridized carbons (Fsp3) is 0.286. The second-order valence-corrected chi connectivity index (χ2v) is 9.21. The topological polar surface area (TPSA) is 89.4 Å². The molecule has 0 radical (unpaired) electrons. The molecule has 0 aliphatic heterocycles. The Morgan fingerprint density at radius 2 is 1.67 bits per heavy atom. The lowest BCUT2D eigenvalue weighted by molar-refractivity contribution is -0.128. The third-order valence-corrected chi connectivity index (χ3v) is 6.29. The van der Waals surface area contributed by atoms with E-state index in [9.17, 15) is 9.59 Å². The first-order valence-corrected chi connectivity index (χ1v) is 11.9. The van der Waals surface area contributed by atoms with Crippen LogP contribution in [0.3, 0.4) is 0 Å². The normalized spacial score (nSPS) is 12.2. The molecule has 1 heterocycles. The molecule has 0 unspecified atom stereocenters. The van der Waals surface area contributed by atoms with Gasteiger partial charge in [0.05, 0.1) is 18.3 Å². The van der Waals surface area contributed by atoms with Crippen LogP contribution in [0.1, 0.15) is 38.8 Å². The number of aromatic nitrogens is 3. The Balaban J connectivity index is 1.84. The summed E-state index contributed by atoms with van der Waals surface area (Å²) in [6.07, 6.45) is 0.730. The molecule has 0 saturated carbocycles. The van der Waals surface area contributed by atoms with Crippen molar-refractivity contribution in [3.05, 3.63) is 84.4 Å². The van der Waals surface area contributed by atoms with Crippen molar-refractivity contribution in [3.63, 3.8) is 0 Å². The summed E-state index contributed by atoms with van der Waals surface area (Å²) in [5, 5.41) is 11.5. The van der Waals surface area contributed by atoms with Crippen LogP contribution in [0.5, 0.6) is 5.75 Å². The number of fused-ring (bicyclic) bond motifs is 1. The average molecular weight is 486 g/mol. The highest BCUT2D eigenvalue weighted by Gasteiger charge is 2.36. The molecule has 0 aliphatic carbocycles. The van der Waals surface area contributed by atoms with Gasteiger partial charge in [0.1, 0.15) is 23.9 Å². The van der Waals surface area contributed by atoms with Gasteiger partial charge in [-0.1, -0.05) is 66.7 Å². The second kappa shape index (κ2) is 10.6. The van der Waals surface area contributed by atoms with E-state index in [4.69, 9.17) is 4.74 Å². The van der Waals surface area contributed by atoms with Gasteiger partial charge in [0.25, 0.3) is 0 Å². The van der Waals surface area contributed by atoms with E-state index in [-0.39, 0.29) is 18.4 Å². The van der Waals surface area contributed by atoms with E-state index in [0.717, 1.165) is 11.9 Å². The van der Waals surface area contributed by atoms with Gasteiger partial charge >= 0.3 is 0 Å². The van der Waals surface area contributed by atoms with Crippen LogP contribution in [0.15, 0.2) is 78.9 Å². The summed E-state index contributed by atoms with van der Waals surface area (Å²) in [7, 11) is 1.55. The quantitative estimate of drug-likeness (QED) is 0.377. The van der Waals surface area contributed by atoms with Crippen molar-refractivity contribution in [2.24, 2.45) is 0 Å². The van der Waals surface area contributed by atoms with Crippen molar-refractivity contribution in [1.29, 1.82) is 0 Å². The minimum atomic E-state index is -0.935. The molecule has 4 aromatic rings. The van der Waals surface area contributed by atoms with Gasteiger partial charge in [0.15, 0.2) is 0 Å². The number of carbonyl (C=O) groups excluding carboxylic acids is 2. The molecule has 2 amide bonds. The number of ether oxygens (including phenoxy) is 1. The summed E-state index contributed by atoms with van der Waals surface area (Å²) in [5.41, 5.74) is 2.15. The number of nitrogens with one attached hydrogen (secondary N) is 1. The molecule has 0 fully saturated rings. The third kappa shape index (κ3) is 5.22. The largest absolute Gasteiger partial charge is 0.495 e. The number of rotatable bonds is 9. The van der Waals surface area contributed by atoms with Gasteiger partial charge in [-0.25, -0.2) is 4.68 Å². The number of nitrogens with zero attached hydrogens (tertiary/aromatic N) is 4. The number of carbonyl (C=O) groups is 2. The third-order valence-electron chi connectivity index (χ3n) is 6.29. The first-order chi connectivity index (χ1) is 17.3. The van der Waals surface area contributed by atoms with Gasteiger partial charge in [-0.15, -0.1) is 5.10 Å². The van der Waals surface area contributed by atoms with Crippen molar-refractivity contribution in [3.8, 4) is 5.75 Å². The average Bonchev–Trinajstić information content (AvgIpc) is 3.30. The molecule has 1 aromatic heterocycles. The van der Waals surface area contributed by atoms with Gasteiger partial charge in [-0.2, -0.15) is 0 Å². The SMILES string of the molecule is CCC(C)(C)NC(=O)[C@@H](c1ccccc1)N(C(=O)Cn1nnc2ccccc21)c1ccccc1OC. The molecule has 186 valence electrons. The zero-order valence-corrected chi connectivity index (χ0v) is 21.0. The summed E-state index contributed by atoms with van der Waals surface area (Å²) in [5.74, 6) is -0.123. The van der Waals surface area contributed by atoms with Crippen molar-refractivity contribution >= 4 is 28.5 Å². The lowest BCUT2D eigenvalue weighted by atomic mass is 9.98. The maximum absolute atomic E-state index is 14.1. The van der Waals surface area contributed by atoms with E-state index in [2.05, 4.69) is 15.6 Å². The maximum atomic E-state index is 14.1. The van der Waals surface area contributed by atoms with E-state index in [1.54, 1.807) is 23.9 Å². The predicted octanol–water partition coefficient (Wildman–Crippen LogP) is 4.52. The van der Waals surface area contributed by atoms with Gasteiger partial charge < -0.3 is 10.1 Å². The summed E-state index contributed by atoms with van der Waals surface area (Å²) < 4.78 is 7.16. The second-order valence-electron chi connectivity index (χ2n) is 9.21. The number of anilines is 1. The van der Waals surface area contributed by atoms with E-state index in [1.807, 2.05) is 87.5 Å². The lowest BCUT2D eigenvalue weighted by Crippen LogP contribution is -2.51. The number of para-hydroxylation sites is 3. The highest BCUT2D eigenvalue weighted by molar-refractivity contribution is 6.02. The van der Waals surface area contributed by atoms with Crippen LogP contribution in [-0.4, -0.2) is 39.5 Å². The first kappa shape index (κ1) is 24.9. The molecule has 1 N–H and O–H groups in total. The van der Waals surface area contributed by atoms with Crippen molar-refractivity contribution in [2.45, 2.75) is 45.3 Å². The molecule has 1 atom stereocenters. The minimum absolute atomic E-state index is 0.105. The van der Waals surface area contributed by atoms with E-state index >= 15 is 0 Å². The van der Waals surface area contributed by atoms with E-state index in [1.165, 1.54) is 4.90 Å². The molecule has 36 heavy (non-hydrogen) atoms. The van der Waals surface area contributed by atoms with Crippen molar-refractivity contribution < 1.29 is 14.3 Å². The zero-order valence-electron chi connectivity index (χ0n) is 21.0. The Hall–Kier alpha value is -4.20. The molecule has 8 heteroatoms. The van der Waals surface area contributed by atoms with Crippen LogP contribution in [0.25, 0.3) is 11.0 Å². The molecular formula is C28H31N5O3. The highest BCUT2D eigenvalue weighted by Crippen LogP contribution is 2.35. The summed E-state index contributed by atoms with van der Waals surface area (Å²) in [6, 6.07) is 23.0. The molecule has 0 aliphatic rings. The highest BCUT2D eigenvalue weighted by atomic mass is 16.5. The molecule has 8 nitrogen and oxygen atoms in total. The Kier molecular flexibility index (Phi) is 7.33. The molecule has 4 rings (SSSR count). The Morgan fingerprint density at radius 3 is 2.39 bits per heavy atom. The molecule has 0 spiro atoms. The zero-order chi connectivity index (χ0) is 25.7. The molecule has 3 aromatic carbocycles. The smallest absolute Gasteiger partial charge is 0.249 e. The first-order valence-electron chi connectivity index (χ1n) is 11.9. The van der Waals surface area contributed by atoms with Crippen LogP contribution in [-0.2, 0) is 16.1 Å². The van der Waals surface area contributed by atoms with E-state index < -0.39 is 11.6 Å². The van der Waals surface area contributed by atoms with Gasteiger partial charge in [0, 0.05) is 5.54 Å². The summed E-state index contributed by atoms with van der Waals surface area (Å²) in [6.45, 7) is 5.83. The number of hydrogen-bond acceptors (Lipinski definition) is 5. The number of benzene rings is 3. The number of amides is 2. The van der Waals surface area contributed by atoms with Gasteiger partial charge in [-0.3, -0.25) is 14.5 Å². The van der Waals surface area contributed by atoms with Crippen LogP contribution in [0.2, 0.25) is 0 Å². The molecule has 0 bridgehead atoms. The Labute approximate surface area is 210 Å². The number of methoxy groups -OCH3 is 1. The minimum Gasteiger partial charge on any atom is -0.495 e. The molecular weight excluding hydrogens is 454 g/mol. The summed E-state index contributed by atoms with van der Waals surface area (Å²) in [4.78, 5) is 29.5. The van der Waals surface area contributed by atoms with Gasteiger partial charge in [0.2, 0.25) is 11.8 Å². The fourth-order valence-corrected chi connectivity index (χ4v) is 4.03. The van der Waals surface area contributed by atoms with Gasteiger partial charge in [-0.05, 0) is 50.1 Å². The maximum Gasteiger partial charge on any atom is 0.249 e. The number of hydrogen-bond donors (Lipinski definition) is 1. The van der Waals surface area contributed by atoms with Crippen LogP contribution >= 0.6 is 0 Å². The van der Waals surface area contributed by atoms with Crippen molar-refractivity contribution in [1.82, 2.24) is 20.3 Å². The fourth-order valence-electron chi connectivity index (χ4n) is 4.03. The van der Waals surface area contributed by atoms with Crippen molar-refractivity contribution in [2.75, 3.05) is 12.0 Å². The van der Waals surface area contributed by atoms with Crippen LogP contribution in [0, 0.1) is 0 Å². The Bertz CT molecular complexity index is 1350. The summed E-state index contributed by atoms with van der Waals surface area (Å²) >= 11 is 0. The Morgan fingerprint density at radius 1 is 1.00 bits per heavy atom. The predicted molar refractivity (Wildman–Crippen MR) is 140 cm³/mol. The lowest BCUT2D eigenvalue weighted by Gasteiger charge is -2.35. The van der Waals surface area contributed by atoms with Crippen LogP contribution in [0.4, 0.5) is 5.69 Å². The molecule has 0 saturated heterocycles.